The predicted octanol–water partition coefficient (Wildman–Crippen LogP) is -0.473. The summed E-state index contributed by atoms with van der Waals surface area (Å²) in [7, 11) is 1.78. The highest BCUT2D eigenvalue weighted by Gasteiger charge is 2.23. The number of aromatic nitrogens is 2. The molecule has 2 heterocycles. The van der Waals surface area contributed by atoms with Gasteiger partial charge in [-0.25, -0.2) is 4.79 Å². The molecule has 0 aliphatic carbocycles. The molecule has 6 heteroatoms. The molecule has 0 aromatic carbocycles. The van der Waals surface area contributed by atoms with Gasteiger partial charge in [0.2, 0.25) is 0 Å². The Labute approximate surface area is 93.0 Å². The molecule has 0 saturated carbocycles. The smallest absolute Gasteiger partial charge is 0.323 e. The molecule has 16 heavy (non-hydrogen) atoms. The summed E-state index contributed by atoms with van der Waals surface area (Å²) in [5.74, 6) is -0.134. The van der Waals surface area contributed by atoms with Crippen molar-refractivity contribution in [2.45, 2.75) is 18.9 Å². The van der Waals surface area contributed by atoms with Gasteiger partial charge >= 0.3 is 5.69 Å². The van der Waals surface area contributed by atoms with Gasteiger partial charge in [-0.2, -0.15) is 0 Å². The number of amides is 1. The molecule has 1 aliphatic heterocycles. The number of imidazole rings is 1. The molecule has 1 saturated heterocycles. The Morgan fingerprint density at radius 1 is 1.44 bits per heavy atom. The van der Waals surface area contributed by atoms with Gasteiger partial charge < -0.3 is 20.2 Å². The second-order valence-electron chi connectivity index (χ2n) is 4.05. The van der Waals surface area contributed by atoms with Crippen LogP contribution in [0.5, 0.6) is 0 Å². The zero-order valence-electron chi connectivity index (χ0n) is 9.25. The first-order valence-electron chi connectivity index (χ1n) is 5.44. The van der Waals surface area contributed by atoms with Gasteiger partial charge in [-0.3, -0.25) is 4.79 Å². The summed E-state index contributed by atoms with van der Waals surface area (Å²) in [5, 5.41) is 3.25. The summed E-state index contributed by atoms with van der Waals surface area (Å²) >= 11 is 0. The van der Waals surface area contributed by atoms with Gasteiger partial charge in [0.15, 0.2) is 0 Å². The number of hydrogen-bond acceptors (Lipinski definition) is 3. The van der Waals surface area contributed by atoms with Crippen LogP contribution in [0.25, 0.3) is 0 Å². The number of hydrogen-bond donors (Lipinski definition) is 3. The van der Waals surface area contributed by atoms with E-state index in [-0.39, 0.29) is 17.6 Å². The Bertz CT molecular complexity index is 416. The van der Waals surface area contributed by atoms with Crippen molar-refractivity contribution in [2.75, 3.05) is 20.1 Å². The largest absolute Gasteiger partial charge is 0.337 e. The Morgan fingerprint density at radius 2 is 2.12 bits per heavy atom. The minimum Gasteiger partial charge on any atom is -0.337 e. The fourth-order valence-corrected chi connectivity index (χ4v) is 2.00. The number of nitrogens with one attached hydrogen (secondary N) is 3. The normalized spacial score (nSPS) is 17.3. The van der Waals surface area contributed by atoms with Gasteiger partial charge in [-0.15, -0.1) is 0 Å². The van der Waals surface area contributed by atoms with Crippen molar-refractivity contribution in [3.8, 4) is 0 Å². The highest BCUT2D eigenvalue weighted by Crippen LogP contribution is 2.11. The predicted molar refractivity (Wildman–Crippen MR) is 59.4 cm³/mol. The lowest BCUT2D eigenvalue weighted by atomic mass is 10.1. The Balaban J connectivity index is 2.06. The third kappa shape index (κ3) is 2.16. The summed E-state index contributed by atoms with van der Waals surface area (Å²) in [5.41, 5.74) is -0.0203. The van der Waals surface area contributed by atoms with E-state index in [1.807, 2.05) is 0 Å². The first-order chi connectivity index (χ1) is 7.68. The van der Waals surface area contributed by atoms with Crippen molar-refractivity contribution >= 4 is 5.91 Å². The zero-order valence-corrected chi connectivity index (χ0v) is 9.25. The van der Waals surface area contributed by atoms with Gasteiger partial charge in [0, 0.05) is 19.3 Å². The Morgan fingerprint density at radius 3 is 2.69 bits per heavy atom. The molecule has 0 radical (unpaired) electrons. The van der Waals surface area contributed by atoms with E-state index in [0.29, 0.717) is 5.69 Å². The summed E-state index contributed by atoms with van der Waals surface area (Å²) in [4.78, 5) is 29.5. The van der Waals surface area contributed by atoms with E-state index in [1.54, 1.807) is 11.9 Å². The maximum atomic E-state index is 12.0. The van der Waals surface area contributed by atoms with Crippen LogP contribution in [0.15, 0.2) is 11.0 Å². The lowest BCUT2D eigenvalue weighted by Crippen LogP contribution is -2.44. The average Bonchev–Trinajstić information content (AvgIpc) is 2.75. The first-order valence-corrected chi connectivity index (χ1v) is 5.44. The van der Waals surface area contributed by atoms with E-state index in [1.165, 1.54) is 6.20 Å². The first kappa shape index (κ1) is 10.9. The van der Waals surface area contributed by atoms with Gasteiger partial charge in [0.1, 0.15) is 5.69 Å². The van der Waals surface area contributed by atoms with Crippen molar-refractivity contribution in [1.82, 2.24) is 20.2 Å². The van der Waals surface area contributed by atoms with E-state index in [9.17, 15) is 9.59 Å². The molecule has 0 bridgehead atoms. The Kier molecular flexibility index (Phi) is 3.09. The maximum Gasteiger partial charge on any atom is 0.323 e. The molecular formula is C10H16N4O2. The zero-order chi connectivity index (χ0) is 11.5. The van der Waals surface area contributed by atoms with Gasteiger partial charge in [-0.05, 0) is 25.9 Å². The molecule has 1 aromatic rings. The standard InChI is InChI=1S/C10H16N4O2/c1-14(7-2-4-11-5-3-7)9(15)8-6-12-10(16)13-8/h6-7,11H,2-5H2,1H3,(H2,12,13,16). The molecule has 1 amide bonds. The summed E-state index contributed by atoms with van der Waals surface area (Å²) in [6.07, 6.45) is 3.33. The van der Waals surface area contributed by atoms with E-state index in [0.717, 1.165) is 25.9 Å². The van der Waals surface area contributed by atoms with Crippen molar-refractivity contribution in [2.24, 2.45) is 0 Å². The number of H-pyrrole nitrogens is 2. The molecule has 1 fully saturated rings. The molecule has 2 rings (SSSR count). The van der Waals surface area contributed by atoms with Crippen molar-refractivity contribution in [3.05, 3.63) is 22.4 Å². The summed E-state index contributed by atoms with van der Waals surface area (Å²) < 4.78 is 0. The molecule has 1 aromatic heterocycles. The molecule has 1 aliphatic rings. The van der Waals surface area contributed by atoms with E-state index < -0.39 is 0 Å². The van der Waals surface area contributed by atoms with Crippen LogP contribution in [0.1, 0.15) is 23.3 Å². The van der Waals surface area contributed by atoms with E-state index in [4.69, 9.17) is 0 Å². The number of aromatic amines is 2. The van der Waals surface area contributed by atoms with Crippen LogP contribution >= 0.6 is 0 Å². The van der Waals surface area contributed by atoms with Gasteiger partial charge in [0.25, 0.3) is 5.91 Å². The lowest BCUT2D eigenvalue weighted by molar-refractivity contribution is 0.0697. The van der Waals surface area contributed by atoms with Crippen molar-refractivity contribution in [3.63, 3.8) is 0 Å². The maximum absolute atomic E-state index is 12.0. The van der Waals surface area contributed by atoms with Crippen LogP contribution in [0.3, 0.4) is 0 Å². The number of carbonyl (C=O) groups is 1. The van der Waals surface area contributed by atoms with Crippen LogP contribution < -0.4 is 11.0 Å². The fraction of sp³-hybridized carbons (Fsp3) is 0.600. The summed E-state index contributed by atoms with van der Waals surface area (Å²) in [6, 6.07) is 0.257. The molecule has 0 atom stereocenters. The molecular weight excluding hydrogens is 208 g/mol. The van der Waals surface area contributed by atoms with Crippen LogP contribution in [0.4, 0.5) is 0 Å². The van der Waals surface area contributed by atoms with Crippen molar-refractivity contribution < 1.29 is 4.79 Å². The van der Waals surface area contributed by atoms with E-state index in [2.05, 4.69) is 15.3 Å². The SMILES string of the molecule is CN(C(=O)c1c[nH]c(=O)[nH]1)C1CCNCC1. The lowest BCUT2D eigenvalue weighted by Gasteiger charge is -2.31. The molecule has 0 unspecified atom stereocenters. The number of carbonyl (C=O) groups excluding carboxylic acids is 1. The third-order valence-corrected chi connectivity index (χ3v) is 3.00. The number of nitrogens with zero attached hydrogens (tertiary/aromatic N) is 1. The molecule has 0 spiro atoms. The fourth-order valence-electron chi connectivity index (χ4n) is 2.00. The number of piperidine rings is 1. The summed E-state index contributed by atoms with van der Waals surface area (Å²) in [6.45, 7) is 1.87. The van der Waals surface area contributed by atoms with Crippen LogP contribution in [-0.2, 0) is 0 Å². The second kappa shape index (κ2) is 4.52. The third-order valence-electron chi connectivity index (χ3n) is 3.00. The van der Waals surface area contributed by atoms with Gasteiger partial charge in [0.05, 0.1) is 0 Å². The van der Waals surface area contributed by atoms with E-state index >= 15 is 0 Å². The molecule has 6 nitrogen and oxygen atoms in total. The van der Waals surface area contributed by atoms with Crippen LogP contribution in [0.2, 0.25) is 0 Å². The molecule has 3 N–H and O–H groups in total. The van der Waals surface area contributed by atoms with Crippen molar-refractivity contribution in [1.29, 1.82) is 0 Å². The second-order valence-corrected chi connectivity index (χ2v) is 4.05. The number of rotatable bonds is 2. The van der Waals surface area contributed by atoms with Crippen LogP contribution in [-0.4, -0.2) is 47.0 Å². The monoisotopic (exact) mass is 224 g/mol. The Hall–Kier alpha value is -1.56. The molecule has 88 valence electrons. The topological polar surface area (TPSA) is 81.0 Å². The van der Waals surface area contributed by atoms with Crippen LogP contribution in [0, 0.1) is 0 Å². The highest BCUT2D eigenvalue weighted by molar-refractivity contribution is 5.92. The quantitative estimate of drug-likeness (QED) is 0.635. The van der Waals surface area contributed by atoms with Gasteiger partial charge in [-0.1, -0.05) is 0 Å². The average molecular weight is 224 g/mol. The minimum absolute atomic E-state index is 0.134. The minimum atomic E-state index is -0.345. The highest BCUT2D eigenvalue weighted by atomic mass is 16.2.